The summed E-state index contributed by atoms with van der Waals surface area (Å²) < 4.78 is 17.2. The first-order valence-corrected chi connectivity index (χ1v) is 25.0. The Balaban J connectivity index is 4.35. The fraction of sp³-hybridized carbons (Fsp3) is 0.722. The lowest BCUT2D eigenvalue weighted by Crippen LogP contribution is -2.55. The number of aliphatic carboxylic acids is 1. The number of quaternary nitrogens is 1. The Morgan fingerprint density at radius 1 is 0.500 bits per heavy atom. The van der Waals surface area contributed by atoms with Crippen LogP contribution < -0.4 is 5.11 Å². The van der Waals surface area contributed by atoms with E-state index in [1.54, 1.807) is 21.1 Å². The van der Waals surface area contributed by atoms with Crippen molar-refractivity contribution < 1.29 is 38.2 Å². The SMILES string of the molecule is CC/C=C/C/C=C/C/C=C/C/C=C/C/C=C/CCCCCCC(=O)OC(COCCC(C(=O)[O-])[N+](C)(C)C)COC(=O)CCCCCCC/C=C/CCCCCCCCCCC. The summed E-state index contributed by atoms with van der Waals surface area (Å²) in [6.07, 6.45) is 56.4. The van der Waals surface area contributed by atoms with Crippen LogP contribution in [0, 0.1) is 0 Å². The molecule has 2 atom stereocenters. The van der Waals surface area contributed by atoms with Gasteiger partial charge in [0.1, 0.15) is 12.6 Å². The average molecular weight is 868 g/mol. The maximum absolute atomic E-state index is 12.8. The van der Waals surface area contributed by atoms with Crippen LogP contribution in [0.2, 0.25) is 0 Å². The van der Waals surface area contributed by atoms with Crippen molar-refractivity contribution >= 4 is 17.9 Å². The summed E-state index contributed by atoms with van der Waals surface area (Å²) in [6.45, 7) is 4.52. The molecule has 0 amide bonds. The molecule has 0 aliphatic heterocycles. The van der Waals surface area contributed by atoms with E-state index in [-0.39, 0.29) is 49.1 Å². The molecule has 8 heteroatoms. The van der Waals surface area contributed by atoms with Crippen molar-refractivity contribution in [3.8, 4) is 0 Å². The van der Waals surface area contributed by atoms with E-state index >= 15 is 0 Å². The van der Waals surface area contributed by atoms with Crippen LogP contribution in [0.15, 0.2) is 72.9 Å². The number of allylic oxidation sites excluding steroid dienone is 12. The van der Waals surface area contributed by atoms with Gasteiger partial charge in [0.05, 0.1) is 40.3 Å². The number of carbonyl (C=O) groups is 3. The highest BCUT2D eigenvalue weighted by molar-refractivity contribution is 5.70. The summed E-state index contributed by atoms with van der Waals surface area (Å²) in [5.41, 5.74) is 0. The Hall–Kier alpha value is -3.23. The topological polar surface area (TPSA) is 102 Å². The Morgan fingerprint density at radius 2 is 0.903 bits per heavy atom. The number of nitrogens with zero attached hydrogens (tertiary/aromatic N) is 1. The minimum atomic E-state index is -1.13. The fourth-order valence-electron chi connectivity index (χ4n) is 6.97. The summed E-state index contributed by atoms with van der Waals surface area (Å²) >= 11 is 0. The number of hydrogen-bond acceptors (Lipinski definition) is 7. The van der Waals surface area contributed by atoms with Crippen molar-refractivity contribution in [1.82, 2.24) is 0 Å². The molecule has 0 N–H and O–H groups in total. The molecule has 0 saturated heterocycles. The molecule has 8 nitrogen and oxygen atoms in total. The van der Waals surface area contributed by atoms with E-state index in [1.807, 2.05) is 0 Å². The molecule has 0 aromatic heterocycles. The zero-order valence-electron chi connectivity index (χ0n) is 40.5. The van der Waals surface area contributed by atoms with Gasteiger partial charge in [-0.1, -0.05) is 170 Å². The third kappa shape index (κ3) is 42.1. The second-order valence-electron chi connectivity index (χ2n) is 17.7. The first kappa shape index (κ1) is 58.8. The summed E-state index contributed by atoms with van der Waals surface area (Å²) in [5, 5.41) is 11.7. The lowest BCUT2D eigenvalue weighted by atomic mass is 10.1. The van der Waals surface area contributed by atoms with Gasteiger partial charge >= 0.3 is 11.9 Å². The van der Waals surface area contributed by atoms with Crippen LogP contribution in [0.1, 0.15) is 200 Å². The standard InChI is InChI=1S/C54H93NO7/c1-6-8-10-12-14-16-18-20-22-24-26-27-29-31-33-35-37-39-41-43-45-53(57)62-50(48-60-47-46-51(54(58)59)55(3,4)5)49-61-52(56)44-42-40-38-36-34-32-30-28-25-23-21-19-17-15-13-11-9-7-2/h8,10,14,16,20,22,26-28,30-31,33,50-51H,6-7,9,11-13,15,17-19,21,23-25,29,32,34-49H2,1-5H3/b10-8+,16-14+,22-20+,27-26+,30-28+,33-31+. The zero-order valence-corrected chi connectivity index (χ0v) is 40.5. The van der Waals surface area contributed by atoms with Crippen LogP contribution in [0.5, 0.6) is 0 Å². The van der Waals surface area contributed by atoms with Gasteiger partial charge in [0.25, 0.3) is 0 Å². The molecular formula is C54H93NO7. The predicted octanol–water partition coefficient (Wildman–Crippen LogP) is 13.0. The van der Waals surface area contributed by atoms with E-state index in [0.29, 0.717) is 6.42 Å². The van der Waals surface area contributed by atoms with E-state index in [4.69, 9.17) is 14.2 Å². The van der Waals surface area contributed by atoms with Gasteiger partial charge in [0, 0.05) is 19.3 Å². The number of carboxylic acid groups (broad SMARTS) is 1. The van der Waals surface area contributed by atoms with Gasteiger partial charge in [-0.25, -0.2) is 0 Å². The van der Waals surface area contributed by atoms with Crippen molar-refractivity contribution in [3.05, 3.63) is 72.9 Å². The Morgan fingerprint density at radius 3 is 1.35 bits per heavy atom. The Kier molecular flexibility index (Phi) is 42.1. The third-order valence-electron chi connectivity index (χ3n) is 10.8. The fourth-order valence-corrected chi connectivity index (χ4v) is 6.97. The van der Waals surface area contributed by atoms with Gasteiger partial charge in [-0.05, 0) is 83.5 Å². The highest BCUT2D eigenvalue weighted by Gasteiger charge is 2.25. The van der Waals surface area contributed by atoms with Crippen LogP contribution in [0.4, 0.5) is 0 Å². The number of unbranched alkanes of at least 4 members (excludes halogenated alkanes) is 18. The molecule has 2 unspecified atom stereocenters. The van der Waals surface area contributed by atoms with Gasteiger partial charge < -0.3 is 28.6 Å². The van der Waals surface area contributed by atoms with Crippen LogP contribution in [0.3, 0.4) is 0 Å². The van der Waals surface area contributed by atoms with Crippen LogP contribution in [-0.2, 0) is 28.6 Å². The van der Waals surface area contributed by atoms with E-state index in [0.717, 1.165) is 96.3 Å². The molecule has 0 rings (SSSR count). The largest absolute Gasteiger partial charge is 0.544 e. The highest BCUT2D eigenvalue weighted by Crippen LogP contribution is 2.14. The second kappa shape index (κ2) is 44.4. The second-order valence-corrected chi connectivity index (χ2v) is 17.7. The first-order chi connectivity index (χ1) is 30.1. The lowest BCUT2D eigenvalue weighted by molar-refractivity contribution is -0.889. The summed E-state index contributed by atoms with van der Waals surface area (Å²) in [4.78, 5) is 37.0. The predicted molar refractivity (Wildman–Crippen MR) is 259 cm³/mol. The molecule has 0 saturated carbocycles. The van der Waals surface area contributed by atoms with Crippen molar-refractivity contribution in [2.45, 2.75) is 212 Å². The van der Waals surface area contributed by atoms with Gasteiger partial charge in [-0.15, -0.1) is 0 Å². The number of rotatable bonds is 44. The molecule has 0 aromatic rings. The molecular weight excluding hydrogens is 775 g/mol. The van der Waals surface area contributed by atoms with E-state index < -0.39 is 18.1 Å². The van der Waals surface area contributed by atoms with Crippen molar-refractivity contribution in [2.75, 3.05) is 41.0 Å². The Bertz CT molecular complexity index is 1240. The Labute approximate surface area is 381 Å². The van der Waals surface area contributed by atoms with E-state index in [2.05, 4.69) is 86.8 Å². The molecule has 0 aliphatic carbocycles. The van der Waals surface area contributed by atoms with Crippen molar-refractivity contribution in [2.24, 2.45) is 0 Å². The van der Waals surface area contributed by atoms with Crippen molar-refractivity contribution in [3.63, 3.8) is 0 Å². The normalized spacial score (nSPS) is 13.5. The number of ether oxygens (including phenoxy) is 3. The van der Waals surface area contributed by atoms with Gasteiger partial charge in [0.15, 0.2) is 6.10 Å². The minimum Gasteiger partial charge on any atom is -0.544 e. The molecule has 0 aromatic carbocycles. The number of esters is 2. The van der Waals surface area contributed by atoms with Gasteiger partial charge in [-0.3, -0.25) is 9.59 Å². The molecule has 0 fully saturated rings. The molecule has 0 heterocycles. The summed E-state index contributed by atoms with van der Waals surface area (Å²) in [5.74, 6) is -1.78. The molecule has 0 aliphatic rings. The molecule has 356 valence electrons. The van der Waals surface area contributed by atoms with Crippen LogP contribution in [-0.4, -0.2) is 75.5 Å². The highest BCUT2D eigenvalue weighted by atomic mass is 16.6. The lowest BCUT2D eigenvalue weighted by Gasteiger charge is -2.34. The monoisotopic (exact) mass is 868 g/mol. The van der Waals surface area contributed by atoms with E-state index in [1.165, 1.54) is 70.6 Å². The number of likely N-dealkylation sites (N-methyl/N-ethyl adjacent to an activating group) is 1. The molecule has 0 spiro atoms. The number of carboxylic acids is 1. The van der Waals surface area contributed by atoms with Crippen molar-refractivity contribution in [1.29, 1.82) is 0 Å². The molecule has 0 bridgehead atoms. The van der Waals surface area contributed by atoms with E-state index in [9.17, 15) is 19.5 Å². The maximum atomic E-state index is 12.8. The number of hydrogen-bond donors (Lipinski definition) is 0. The molecule has 0 radical (unpaired) electrons. The summed E-state index contributed by atoms with van der Waals surface area (Å²) in [7, 11) is 5.40. The van der Waals surface area contributed by atoms with Gasteiger partial charge in [0.2, 0.25) is 0 Å². The van der Waals surface area contributed by atoms with Crippen LogP contribution >= 0.6 is 0 Å². The maximum Gasteiger partial charge on any atom is 0.306 e. The summed E-state index contributed by atoms with van der Waals surface area (Å²) in [6, 6.07) is -0.736. The van der Waals surface area contributed by atoms with Gasteiger partial charge in [-0.2, -0.15) is 0 Å². The zero-order chi connectivity index (χ0) is 45.6. The minimum absolute atomic E-state index is 0.0246. The average Bonchev–Trinajstić information content (AvgIpc) is 3.23. The van der Waals surface area contributed by atoms with Crippen LogP contribution in [0.25, 0.3) is 0 Å². The first-order valence-electron chi connectivity index (χ1n) is 25.0. The third-order valence-corrected chi connectivity index (χ3v) is 10.8. The smallest absolute Gasteiger partial charge is 0.306 e. The quantitative estimate of drug-likeness (QED) is 0.0260. The number of carbonyl (C=O) groups excluding carboxylic acids is 3. The molecule has 62 heavy (non-hydrogen) atoms.